The zero-order chi connectivity index (χ0) is 13.3. The lowest BCUT2D eigenvalue weighted by molar-refractivity contribution is 0.167. The van der Waals surface area contributed by atoms with Crippen molar-refractivity contribution in [3.05, 3.63) is 42.2 Å². The van der Waals surface area contributed by atoms with Crippen molar-refractivity contribution in [3.8, 4) is 0 Å². The summed E-state index contributed by atoms with van der Waals surface area (Å²) in [7, 11) is 0. The van der Waals surface area contributed by atoms with E-state index < -0.39 is 0 Å². The molecular weight excluding hydrogens is 244 g/mol. The highest BCUT2D eigenvalue weighted by atomic mass is 35.5. The third-order valence-corrected chi connectivity index (χ3v) is 2.40. The van der Waals surface area contributed by atoms with Gasteiger partial charge < -0.3 is 4.74 Å². The molecule has 0 atom stereocenters. The fourth-order valence-electron chi connectivity index (χ4n) is 1.24. The predicted molar refractivity (Wildman–Crippen MR) is 81.2 cm³/mol. The van der Waals surface area contributed by atoms with Crippen molar-refractivity contribution in [2.45, 2.75) is 39.0 Å². The average Bonchev–Trinajstić information content (AvgIpc) is 2.39. The quantitative estimate of drug-likeness (QED) is 0.221. The Kier molecular flexibility index (Phi) is 15.6. The molecule has 0 aliphatic rings. The number of unbranched alkanes of at least 4 members (excludes halogenated alkanes) is 1. The Morgan fingerprint density at radius 2 is 1.78 bits per heavy atom. The van der Waals surface area contributed by atoms with Crippen molar-refractivity contribution in [3.63, 3.8) is 0 Å². The van der Waals surface area contributed by atoms with E-state index in [4.69, 9.17) is 16.3 Å². The van der Waals surface area contributed by atoms with Crippen LogP contribution in [0, 0.1) is 0 Å². The fraction of sp³-hybridized carbons (Fsp3) is 0.562. The maximum Gasteiger partial charge on any atom is 0.0721 e. The number of hydrogen-bond donors (Lipinski definition) is 0. The molecule has 0 radical (unpaired) electrons. The molecule has 0 saturated heterocycles. The molecule has 102 valence electrons. The molecule has 0 saturated carbocycles. The lowest BCUT2D eigenvalue weighted by Gasteiger charge is -1.95. The summed E-state index contributed by atoms with van der Waals surface area (Å²) in [5.41, 5.74) is 3.03. The minimum atomic E-state index is 0.628. The Morgan fingerprint density at radius 3 is 2.50 bits per heavy atom. The molecule has 0 rings (SSSR count). The van der Waals surface area contributed by atoms with Gasteiger partial charge >= 0.3 is 0 Å². The van der Waals surface area contributed by atoms with Crippen LogP contribution in [-0.2, 0) is 4.74 Å². The molecule has 1 nitrogen and oxygen atoms in total. The van der Waals surface area contributed by atoms with Gasteiger partial charge in [-0.25, -0.2) is 0 Å². The molecule has 0 amide bonds. The van der Waals surface area contributed by atoms with Crippen LogP contribution in [0.25, 0.3) is 0 Å². The molecule has 0 unspecified atom stereocenters. The van der Waals surface area contributed by atoms with Crippen molar-refractivity contribution in [1.82, 2.24) is 0 Å². The molecule has 0 N–H and O–H groups in total. The molecule has 2 heteroatoms. The van der Waals surface area contributed by atoms with Crippen molar-refractivity contribution in [2.75, 3.05) is 19.1 Å². The number of hydrogen-bond acceptors (Lipinski definition) is 1. The standard InChI is InChI=1S/C16H25ClO/c1-2-3-4-5-6-7-9-12-15-18-16-13-10-8-11-14-17/h4-5,7-9,13H,2-3,6,11-12,14-16H2,1H3. The van der Waals surface area contributed by atoms with Gasteiger partial charge in [0.15, 0.2) is 0 Å². The average molecular weight is 269 g/mol. The van der Waals surface area contributed by atoms with Gasteiger partial charge in [0.05, 0.1) is 13.2 Å². The van der Waals surface area contributed by atoms with Gasteiger partial charge in [0.25, 0.3) is 0 Å². The minimum Gasteiger partial charge on any atom is -0.376 e. The molecular formula is C16H25ClO. The van der Waals surface area contributed by atoms with Crippen LogP contribution in [-0.4, -0.2) is 19.1 Å². The van der Waals surface area contributed by atoms with Gasteiger partial charge in [-0.05, 0) is 37.8 Å². The number of alkyl halides is 1. The van der Waals surface area contributed by atoms with Crippen LogP contribution in [0.5, 0.6) is 0 Å². The summed E-state index contributed by atoms with van der Waals surface area (Å²) in [6.45, 7) is 3.59. The van der Waals surface area contributed by atoms with Crippen molar-refractivity contribution >= 4 is 11.6 Å². The largest absolute Gasteiger partial charge is 0.376 e. The summed E-state index contributed by atoms with van der Waals surface area (Å²) in [4.78, 5) is 0. The molecule has 0 spiro atoms. The zero-order valence-electron chi connectivity index (χ0n) is 11.4. The maximum atomic E-state index is 5.52. The maximum absolute atomic E-state index is 5.52. The second kappa shape index (κ2) is 16.2. The first-order valence-electron chi connectivity index (χ1n) is 6.75. The van der Waals surface area contributed by atoms with Crippen molar-refractivity contribution in [1.29, 1.82) is 0 Å². The zero-order valence-corrected chi connectivity index (χ0v) is 12.2. The van der Waals surface area contributed by atoms with Gasteiger partial charge in [0.1, 0.15) is 0 Å². The number of rotatable bonds is 11. The van der Waals surface area contributed by atoms with Gasteiger partial charge in [-0.2, -0.15) is 0 Å². The molecule has 0 fully saturated rings. The van der Waals surface area contributed by atoms with E-state index in [1.165, 1.54) is 12.8 Å². The van der Waals surface area contributed by atoms with Gasteiger partial charge in [0, 0.05) is 5.88 Å². The van der Waals surface area contributed by atoms with Gasteiger partial charge in [-0.1, -0.05) is 37.6 Å². The van der Waals surface area contributed by atoms with E-state index in [0.717, 1.165) is 25.9 Å². The Bertz CT molecular complexity index is 273. The Morgan fingerprint density at radius 1 is 1.00 bits per heavy atom. The first-order chi connectivity index (χ1) is 8.91. The number of halogens is 1. The molecule has 0 heterocycles. The molecule has 0 bridgehead atoms. The van der Waals surface area contributed by atoms with Crippen LogP contribution >= 0.6 is 11.6 Å². The van der Waals surface area contributed by atoms with E-state index in [1.54, 1.807) is 0 Å². The van der Waals surface area contributed by atoms with E-state index in [2.05, 4.69) is 37.0 Å². The summed E-state index contributed by atoms with van der Waals surface area (Å²) in [5.74, 6) is 0.652. The first-order valence-corrected chi connectivity index (χ1v) is 7.28. The van der Waals surface area contributed by atoms with Crippen LogP contribution in [0.2, 0.25) is 0 Å². The topological polar surface area (TPSA) is 9.23 Å². The monoisotopic (exact) mass is 268 g/mol. The smallest absolute Gasteiger partial charge is 0.0721 e. The predicted octanol–water partition coefficient (Wildman–Crippen LogP) is 5.04. The Labute approximate surface area is 117 Å². The molecule has 0 aliphatic heterocycles. The van der Waals surface area contributed by atoms with Crippen LogP contribution in [0.4, 0.5) is 0 Å². The normalized spacial score (nSPS) is 11.0. The highest BCUT2D eigenvalue weighted by Crippen LogP contribution is 1.94. The van der Waals surface area contributed by atoms with E-state index >= 15 is 0 Å². The Hall–Kier alpha value is -0.750. The molecule has 0 aliphatic carbocycles. The summed E-state index contributed by atoms with van der Waals surface area (Å²) in [6, 6.07) is 0. The van der Waals surface area contributed by atoms with E-state index in [1.807, 2.05) is 12.2 Å². The first kappa shape index (κ1) is 17.2. The van der Waals surface area contributed by atoms with Gasteiger partial charge in [-0.3, -0.25) is 0 Å². The molecule has 0 aromatic rings. The third kappa shape index (κ3) is 15.2. The summed E-state index contributed by atoms with van der Waals surface area (Å²) in [5, 5.41) is 0. The summed E-state index contributed by atoms with van der Waals surface area (Å²) >= 11 is 5.52. The second-order valence-electron chi connectivity index (χ2n) is 3.88. The lowest BCUT2D eigenvalue weighted by Crippen LogP contribution is -1.91. The van der Waals surface area contributed by atoms with Crippen molar-refractivity contribution < 1.29 is 4.74 Å². The third-order valence-electron chi connectivity index (χ3n) is 2.18. The SMILES string of the molecule is CCCC=CCC=CCCOCC=C=CCCCl. The highest BCUT2D eigenvalue weighted by molar-refractivity contribution is 6.17. The summed E-state index contributed by atoms with van der Waals surface area (Å²) < 4.78 is 5.42. The highest BCUT2D eigenvalue weighted by Gasteiger charge is 1.81. The minimum absolute atomic E-state index is 0.628. The van der Waals surface area contributed by atoms with Crippen molar-refractivity contribution in [2.24, 2.45) is 0 Å². The van der Waals surface area contributed by atoms with Gasteiger partial charge in [0.2, 0.25) is 0 Å². The second-order valence-corrected chi connectivity index (χ2v) is 4.26. The molecule has 18 heavy (non-hydrogen) atoms. The van der Waals surface area contributed by atoms with E-state index in [-0.39, 0.29) is 0 Å². The lowest BCUT2D eigenvalue weighted by atomic mass is 10.2. The Balaban J connectivity index is 3.29. The van der Waals surface area contributed by atoms with E-state index in [9.17, 15) is 0 Å². The number of ether oxygens (including phenoxy) is 1. The van der Waals surface area contributed by atoms with Crippen LogP contribution in [0.3, 0.4) is 0 Å². The fourth-order valence-corrected chi connectivity index (χ4v) is 1.35. The van der Waals surface area contributed by atoms with Crippen LogP contribution in [0.15, 0.2) is 42.2 Å². The van der Waals surface area contributed by atoms with Crippen LogP contribution < -0.4 is 0 Å². The van der Waals surface area contributed by atoms with E-state index in [0.29, 0.717) is 12.5 Å². The number of allylic oxidation sites excluding steroid dienone is 3. The van der Waals surface area contributed by atoms with Gasteiger partial charge in [-0.15, -0.1) is 17.3 Å². The van der Waals surface area contributed by atoms with Crippen LogP contribution in [0.1, 0.15) is 39.0 Å². The molecule has 0 aromatic carbocycles. The summed E-state index contributed by atoms with van der Waals surface area (Å²) in [6.07, 6.45) is 17.9. The molecule has 0 aromatic heterocycles.